The molecule has 0 unspecified atom stereocenters. The van der Waals surface area contributed by atoms with Crippen LogP contribution in [0.5, 0.6) is 0 Å². The molecule has 1 aliphatic rings. The summed E-state index contributed by atoms with van der Waals surface area (Å²) in [6.45, 7) is 2.29. The van der Waals surface area contributed by atoms with E-state index in [1.165, 1.54) is 44.1 Å². The Morgan fingerprint density at radius 3 is 2.00 bits per heavy atom. The molecule has 4 heteroatoms. The summed E-state index contributed by atoms with van der Waals surface area (Å²) in [6.07, 6.45) is 5.19. The van der Waals surface area contributed by atoms with E-state index in [0.29, 0.717) is 0 Å². The van der Waals surface area contributed by atoms with Crippen molar-refractivity contribution in [3.8, 4) is 11.1 Å². The van der Waals surface area contributed by atoms with E-state index in [0.717, 1.165) is 35.6 Å². The highest BCUT2D eigenvalue weighted by Gasteiger charge is 2.30. The topological polar surface area (TPSA) is 0 Å². The van der Waals surface area contributed by atoms with Gasteiger partial charge in [-0.05, 0) is 47.6 Å². The van der Waals surface area contributed by atoms with Gasteiger partial charge in [-0.2, -0.15) is 13.2 Å². The molecule has 1 saturated heterocycles. The molecular formula is C25H33F3Si. The maximum atomic E-state index is 12.7. The highest BCUT2D eigenvalue weighted by atomic mass is 28.3. The Labute approximate surface area is 175 Å². The van der Waals surface area contributed by atoms with Gasteiger partial charge in [0.15, 0.2) is 0 Å². The largest absolute Gasteiger partial charge is 0.416 e. The fourth-order valence-electron chi connectivity index (χ4n) is 4.58. The second-order valence-electron chi connectivity index (χ2n) is 8.69. The van der Waals surface area contributed by atoms with Crippen LogP contribution >= 0.6 is 0 Å². The minimum Gasteiger partial charge on any atom is -0.166 e. The monoisotopic (exact) mass is 418 g/mol. The van der Waals surface area contributed by atoms with Crippen LogP contribution in [0.1, 0.15) is 56.6 Å². The van der Waals surface area contributed by atoms with Crippen molar-refractivity contribution in [1.82, 2.24) is 0 Å². The van der Waals surface area contributed by atoms with Gasteiger partial charge in [0.25, 0.3) is 0 Å². The smallest absolute Gasteiger partial charge is 0.166 e. The van der Waals surface area contributed by atoms with Crippen molar-refractivity contribution in [3.05, 3.63) is 59.7 Å². The molecule has 0 aromatic heterocycles. The van der Waals surface area contributed by atoms with Crippen molar-refractivity contribution in [3.63, 3.8) is 0 Å². The maximum Gasteiger partial charge on any atom is 0.416 e. The fraction of sp³-hybridized carbons (Fsp3) is 0.520. The molecule has 0 spiro atoms. The standard InChI is InChI=1S/C25H33F3Si/c1-2-3-4-17-29-18-15-21(16-19-29)6-5-20-7-9-22(10-8-20)23-11-13-24(14-12-23)25(26,27)28/h7-14,21,29H,2-6,15-19H2,1H3. The number of hydrogen-bond donors (Lipinski definition) is 0. The summed E-state index contributed by atoms with van der Waals surface area (Å²) < 4.78 is 38.1. The Kier molecular flexibility index (Phi) is 7.99. The molecule has 29 heavy (non-hydrogen) atoms. The summed E-state index contributed by atoms with van der Waals surface area (Å²) in [5.41, 5.74) is 2.54. The van der Waals surface area contributed by atoms with Crippen molar-refractivity contribution in [1.29, 1.82) is 0 Å². The number of alkyl halides is 3. The lowest BCUT2D eigenvalue weighted by molar-refractivity contribution is -0.137. The summed E-state index contributed by atoms with van der Waals surface area (Å²) in [5, 5.41) is 0. The minimum absolute atomic E-state index is 0.422. The van der Waals surface area contributed by atoms with E-state index >= 15 is 0 Å². The predicted octanol–water partition coefficient (Wildman–Crippen LogP) is 8.13. The quantitative estimate of drug-likeness (QED) is 0.300. The third kappa shape index (κ3) is 6.73. The summed E-state index contributed by atoms with van der Waals surface area (Å²) in [7, 11) is -0.422. The highest BCUT2D eigenvalue weighted by Crippen LogP contribution is 2.32. The Hall–Kier alpha value is -1.55. The van der Waals surface area contributed by atoms with Gasteiger partial charge in [-0.3, -0.25) is 0 Å². The molecule has 2 aromatic rings. The first kappa shape index (κ1) is 22.1. The lowest BCUT2D eigenvalue weighted by atomic mass is 9.93. The van der Waals surface area contributed by atoms with E-state index in [4.69, 9.17) is 0 Å². The number of unbranched alkanes of at least 4 members (excludes halogenated alkanes) is 2. The first-order valence-electron chi connectivity index (χ1n) is 11.2. The van der Waals surface area contributed by atoms with Crippen molar-refractivity contribution < 1.29 is 13.2 Å². The molecule has 1 aliphatic heterocycles. The normalized spacial score (nSPS) is 20.0. The van der Waals surface area contributed by atoms with Gasteiger partial charge in [0.2, 0.25) is 0 Å². The maximum absolute atomic E-state index is 12.7. The first-order valence-corrected chi connectivity index (χ1v) is 13.7. The van der Waals surface area contributed by atoms with E-state index in [1.54, 1.807) is 30.3 Å². The summed E-state index contributed by atoms with van der Waals surface area (Å²) in [4.78, 5) is 0. The SMILES string of the molecule is CCCCC[SiH]1CCC(CCc2ccc(-c3ccc(C(F)(F)F)cc3)cc2)CC1. The van der Waals surface area contributed by atoms with Gasteiger partial charge < -0.3 is 0 Å². The molecule has 1 heterocycles. The molecule has 3 rings (SSSR count). The van der Waals surface area contributed by atoms with Crippen LogP contribution in [0.4, 0.5) is 13.2 Å². The zero-order valence-electron chi connectivity index (χ0n) is 17.5. The average molecular weight is 419 g/mol. The summed E-state index contributed by atoms with van der Waals surface area (Å²) >= 11 is 0. The van der Waals surface area contributed by atoms with E-state index < -0.39 is 20.5 Å². The molecule has 0 amide bonds. The molecule has 0 nitrogen and oxygen atoms in total. The lowest BCUT2D eigenvalue weighted by Gasteiger charge is -2.27. The minimum atomic E-state index is -4.28. The number of aryl methyl sites for hydroxylation is 1. The van der Waals surface area contributed by atoms with Crippen LogP contribution in [0.25, 0.3) is 11.1 Å². The number of halogens is 3. The first-order chi connectivity index (χ1) is 14.0. The summed E-state index contributed by atoms with van der Waals surface area (Å²) in [6, 6.07) is 18.4. The van der Waals surface area contributed by atoms with Crippen LogP contribution < -0.4 is 0 Å². The second-order valence-corrected chi connectivity index (χ2v) is 12.2. The number of benzene rings is 2. The van der Waals surface area contributed by atoms with Gasteiger partial charge in [0.05, 0.1) is 5.56 Å². The molecule has 0 radical (unpaired) electrons. The second kappa shape index (κ2) is 10.5. The Balaban J connectivity index is 1.45. The van der Waals surface area contributed by atoms with Crippen LogP contribution in [0, 0.1) is 5.92 Å². The molecule has 1 fully saturated rings. The van der Waals surface area contributed by atoms with Crippen molar-refractivity contribution in [2.45, 2.75) is 76.2 Å². The van der Waals surface area contributed by atoms with Gasteiger partial charge in [-0.1, -0.05) is 93.6 Å². The Morgan fingerprint density at radius 2 is 1.45 bits per heavy atom. The Bertz CT molecular complexity index is 726. The molecule has 158 valence electrons. The molecule has 0 atom stereocenters. The van der Waals surface area contributed by atoms with Gasteiger partial charge in [0.1, 0.15) is 0 Å². The van der Waals surface area contributed by atoms with Gasteiger partial charge >= 0.3 is 6.18 Å². The van der Waals surface area contributed by atoms with Crippen LogP contribution in [-0.4, -0.2) is 8.80 Å². The molecule has 0 saturated carbocycles. The van der Waals surface area contributed by atoms with Crippen molar-refractivity contribution >= 4 is 8.80 Å². The third-order valence-electron chi connectivity index (χ3n) is 6.52. The van der Waals surface area contributed by atoms with Gasteiger partial charge in [0, 0.05) is 8.80 Å². The van der Waals surface area contributed by atoms with Gasteiger partial charge in [-0.25, -0.2) is 0 Å². The van der Waals surface area contributed by atoms with Crippen molar-refractivity contribution in [2.24, 2.45) is 5.92 Å². The number of rotatable bonds is 8. The molecule has 0 bridgehead atoms. The highest BCUT2D eigenvalue weighted by molar-refractivity contribution is 6.58. The zero-order valence-corrected chi connectivity index (χ0v) is 18.6. The average Bonchev–Trinajstić information content (AvgIpc) is 2.73. The summed E-state index contributed by atoms with van der Waals surface area (Å²) in [5.74, 6) is 0.888. The van der Waals surface area contributed by atoms with Crippen LogP contribution in [0.2, 0.25) is 18.1 Å². The van der Waals surface area contributed by atoms with Crippen LogP contribution in [-0.2, 0) is 12.6 Å². The third-order valence-corrected chi connectivity index (χ3v) is 10.0. The van der Waals surface area contributed by atoms with Crippen molar-refractivity contribution in [2.75, 3.05) is 0 Å². The fourth-order valence-corrected chi connectivity index (χ4v) is 8.20. The van der Waals surface area contributed by atoms with Crippen LogP contribution in [0.3, 0.4) is 0 Å². The van der Waals surface area contributed by atoms with E-state index in [-0.39, 0.29) is 0 Å². The van der Waals surface area contributed by atoms with Gasteiger partial charge in [-0.15, -0.1) is 0 Å². The Morgan fingerprint density at radius 1 is 0.862 bits per heavy atom. The van der Waals surface area contributed by atoms with E-state index in [9.17, 15) is 13.2 Å². The zero-order chi connectivity index (χ0) is 20.7. The van der Waals surface area contributed by atoms with E-state index in [2.05, 4.69) is 19.1 Å². The predicted molar refractivity (Wildman–Crippen MR) is 119 cm³/mol. The van der Waals surface area contributed by atoms with E-state index in [1.807, 2.05) is 12.1 Å². The van der Waals surface area contributed by atoms with Crippen LogP contribution in [0.15, 0.2) is 48.5 Å². The lowest BCUT2D eigenvalue weighted by Crippen LogP contribution is -2.21. The molecular weight excluding hydrogens is 385 g/mol. The molecule has 0 aliphatic carbocycles. The number of hydrogen-bond acceptors (Lipinski definition) is 0. The molecule has 2 aromatic carbocycles. The molecule has 0 N–H and O–H groups in total.